The summed E-state index contributed by atoms with van der Waals surface area (Å²) in [5.74, 6) is -0.764. The van der Waals surface area contributed by atoms with Crippen LogP contribution in [0.15, 0.2) is 29.8 Å². The molecule has 20 heavy (non-hydrogen) atoms. The summed E-state index contributed by atoms with van der Waals surface area (Å²) < 4.78 is 0. The monoisotopic (exact) mass is 308 g/mol. The van der Waals surface area contributed by atoms with Crippen LogP contribution in [0.3, 0.4) is 0 Å². The number of aryl methyl sites for hydroxylation is 1. The number of hydrogen-bond acceptors (Lipinski definition) is 2. The number of carbonyl (C=O) groups is 1. The number of fused-ring (bicyclic) bond motifs is 1. The van der Waals surface area contributed by atoms with E-state index >= 15 is 0 Å². The molecule has 0 saturated heterocycles. The number of halogens is 1. The van der Waals surface area contributed by atoms with Gasteiger partial charge in [-0.3, -0.25) is 0 Å². The first-order valence-electron chi connectivity index (χ1n) is 7.03. The summed E-state index contributed by atoms with van der Waals surface area (Å²) in [7, 11) is 0. The van der Waals surface area contributed by atoms with Crippen LogP contribution in [-0.2, 0) is 11.2 Å². The highest BCUT2D eigenvalue weighted by molar-refractivity contribution is 8.00. The van der Waals surface area contributed by atoms with E-state index in [1.807, 2.05) is 18.2 Å². The minimum absolute atomic E-state index is 0.105. The Kier molecular flexibility index (Phi) is 4.08. The molecule has 0 aromatic heterocycles. The maximum absolute atomic E-state index is 11.3. The summed E-state index contributed by atoms with van der Waals surface area (Å²) >= 11 is 8.12. The highest BCUT2D eigenvalue weighted by atomic mass is 35.5. The largest absolute Gasteiger partial charge is 0.478 e. The first-order valence-corrected chi connectivity index (χ1v) is 8.35. The fourth-order valence-corrected chi connectivity index (χ4v) is 5.24. The van der Waals surface area contributed by atoms with Gasteiger partial charge < -0.3 is 5.11 Å². The Bertz CT molecular complexity index is 568. The van der Waals surface area contributed by atoms with Crippen LogP contribution in [0, 0.1) is 0 Å². The Morgan fingerprint density at radius 3 is 2.95 bits per heavy atom. The molecule has 1 N–H and O–H groups in total. The number of carboxylic acids is 1. The molecule has 0 radical (unpaired) electrons. The summed E-state index contributed by atoms with van der Waals surface area (Å²) in [4.78, 5) is 11.3. The summed E-state index contributed by atoms with van der Waals surface area (Å²) in [5, 5.41) is 10.6. The minimum atomic E-state index is -0.764. The zero-order valence-corrected chi connectivity index (χ0v) is 12.7. The van der Waals surface area contributed by atoms with Gasteiger partial charge in [0, 0.05) is 21.1 Å². The predicted octanol–water partition coefficient (Wildman–Crippen LogP) is 4.62. The smallest absolute Gasteiger partial charge is 0.332 e. The SMILES string of the molecule is O=C(O)C1=CCCC[C@H]1S[C@H]1CCc2cccc(Cl)c21. The van der Waals surface area contributed by atoms with E-state index in [2.05, 4.69) is 6.07 Å². The van der Waals surface area contributed by atoms with Crippen molar-refractivity contribution >= 4 is 29.3 Å². The molecule has 2 aliphatic carbocycles. The number of benzene rings is 1. The Balaban J connectivity index is 1.82. The second-order valence-electron chi connectivity index (χ2n) is 5.36. The molecule has 2 aliphatic rings. The molecule has 0 unspecified atom stereocenters. The minimum Gasteiger partial charge on any atom is -0.478 e. The Morgan fingerprint density at radius 2 is 2.15 bits per heavy atom. The number of aliphatic carboxylic acids is 1. The van der Waals surface area contributed by atoms with Crippen molar-refractivity contribution in [3.05, 3.63) is 46.0 Å². The van der Waals surface area contributed by atoms with Crippen molar-refractivity contribution in [1.29, 1.82) is 0 Å². The molecule has 3 rings (SSSR count). The van der Waals surface area contributed by atoms with Gasteiger partial charge in [0.15, 0.2) is 0 Å². The zero-order chi connectivity index (χ0) is 14.1. The van der Waals surface area contributed by atoms with Gasteiger partial charge in [-0.2, -0.15) is 0 Å². The molecule has 4 heteroatoms. The number of hydrogen-bond donors (Lipinski definition) is 1. The predicted molar refractivity (Wildman–Crippen MR) is 83.5 cm³/mol. The van der Waals surface area contributed by atoms with Crippen LogP contribution < -0.4 is 0 Å². The second-order valence-corrected chi connectivity index (χ2v) is 7.18. The van der Waals surface area contributed by atoms with E-state index in [1.54, 1.807) is 11.8 Å². The van der Waals surface area contributed by atoms with Gasteiger partial charge in [0.2, 0.25) is 0 Å². The average molecular weight is 309 g/mol. The lowest BCUT2D eigenvalue weighted by atomic mass is 9.99. The van der Waals surface area contributed by atoms with E-state index < -0.39 is 5.97 Å². The van der Waals surface area contributed by atoms with E-state index in [0.29, 0.717) is 10.8 Å². The van der Waals surface area contributed by atoms with Crippen molar-refractivity contribution in [2.24, 2.45) is 0 Å². The van der Waals surface area contributed by atoms with E-state index in [1.165, 1.54) is 11.1 Å². The molecular weight excluding hydrogens is 292 g/mol. The molecule has 0 heterocycles. The number of allylic oxidation sites excluding steroid dienone is 1. The molecule has 2 atom stereocenters. The van der Waals surface area contributed by atoms with Crippen molar-refractivity contribution in [3.8, 4) is 0 Å². The number of thioether (sulfide) groups is 1. The van der Waals surface area contributed by atoms with Gasteiger partial charge in [-0.15, -0.1) is 11.8 Å². The van der Waals surface area contributed by atoms with Gasteiger partial charge in [0.1, 0.15) is 0 Å². The van der Waals surface area contributed by atoms with Crippen LogP contribution in [0.25, 0.3) is 0 Å². The van der Waals surface area contributed by atoms with Crippen LogP contribution in [0.2, 0.25) is 5.02 Å². The van der Waals surface area contributed by atoms with Gasteiger partial charge in [0.05, 0.1) is 0 Å². The van der Waals surface area contributed by atoms with Gasteiger partial charge in [-0.25, -0.2) is 4.79 Å². The van der Waals surface area contributed by atoms with Crippen molar-refractivity contribution in [1.82, 2.24) is 0 Å². The van der Waals surface area contributed by atoms with E-state index in [4.69, 9.17) is 11.6 Å². The zero-order valence-electron chi connectivity index (χ0n) is 11.1. The van der Waals surface area contributed by atoms with Crippen molar-refractivity contribution in [2.45, 2.75) is 42.6 Å². The molecule has 106 valence electrons. The van der Waals surface area contributed by atoms with E-state index in [9.17, 15) is 9.90 Å². The lowest BCUT2D eigenvalue weighted by Crippen LogP contribution is -2.19. The number of rotatable bonds is 3. The Morgan fingerprint density at radius 1 is 1.30 bits per heavy atom. The van der Waals surface area contributed by atoms with Crippen LogP contribution >= 0.6 is 23.4 Å². The molecule has 0 fully saturated rings. The van der Waals surface area contributed by atoms with Crippen LogP contribution in [0.5, 0.6) is 0 Å². The summed E-state index contributed by atoms with van der Waals surface area (Å²) in [6.45, 7) is 0. The lowest BCUT2D eigenvalue weighted by Gasteiger charge is -2.25. The fraction of sp³-hybridized carbons (Fsp3) is 0.438. The molecule has 1 aromatic rings. The summed E-state index contributed by atoms with van der Waals surface area (Å²) in [6, 6.07) is 6.07. The summed E-state index contributed by atoms with van der Waals surface area (Å²) in [5.41, 5.74) is 3.14. The van der Waals surface area contributed by atoms with Crippen LogP contribution in [0.1, 0.15) is 42.1 Å². The third-order valence-electron chi connectivity index (χ3n) is 4.10. The van der Waals surface area contributed by atoms with Gasteiger partial charge in [-0.1, -0.05) is 29.8 Å². The quantitative estimate of drug-likeness (QED) is 0.885. The van der Waals surface area contributed by atoms with Crippen molar-refractivity contribution in [3.63, 3.8) is 0 Å². The molecule has 0 bridgehead atoms. The first-order chi connectivity index (χ1) is 9.66. The molecule has 0 saturated carbocycles. The highest BCUT2D eigenvalue weighted by Crippen LogP contribution is 2.48. The molecule has 1 aromatic carbocycles. The second kappa shape index (κ2) is 5.82. The topological polar surface area (TPSA) is 37.3 Å². The van der Waals surface area contributed by atoms with Crippen molar-refractivity contribution in [2.75, 3.05) is 0 Å². The molecule has 0 aliphatic heterocycles. The lowest BCUT2D eigenvalue weighted by molar-refractivity contribution is -0.132. The van der Waals surface area contributed by atoms with Crippen molar-refractivity contribution < 1.29 is 9.90 Å². The van der Waals surface area contributed by atoms with Gasteiger partial charge in [0.25, 0.3) is 0 Å². The first kappa shape index (κ1) is 14.0. The normalized spacial score (nSPS) is 25.1. The van der Waals surface area contributed by atoms with E-state index in [-0.39, 0.29) is 5.25 Å². The highest BCUT2D eigenvalue weighted by Gasteiger charge is 2.31. The maximum atomic E-state index is 11.3. The van der Waals surface area contributed by atoms with Gasteiger partial charge >= 0.3 is 5.97 Å². The Labute approximate surface area is 128 Å². The third kappa shape index (κ3) is 2.61. The standard InChI is InChI=1S/C16H17ClO2S/c17-12-6-3-4-10-8-9-14(15(10)12)20-13-7-2-1-5-11(13)16(18)19/h3-6,13-14H,1-2,7-9H2,(H,18,19)/t13-,14+/m1/s1. The Hall–Kier alpha value is -0.930. The molecule has 0 amide bonds. The summed E-state index contributed by atoms with van der Waals surface area (Å²) in [6.07, 6.45) is 6.93. The van der Waals surface area contributed by atoms with E-state index in [0.717, 1.165) is 37.1 Å². The van der Waals surface area contributed by atoms with Gasteiger partial charge in [-0.05, 0) is 49.3 Å². The number of carboxylic acid groups (broad SMARTS) is 1. The molecular formula is C16H17ClO2S. The van der Waals surface area contributed by atoms with Crippen LogP contribution in [-0.4, -0.2) is 16.3 Å². The van der Waals surface area contributed by atoms with Crippen LogP contribution in [0.4, 0.5) is 0 Å². The molecule has 2 nitrogen and oxygen atoms in total. The molecule has 0 spiro atoms. The maximum Gasteiger partial charge on any atom is 0.332 e. The third-order valence-corrected chi connectivity index (χ3v) is 6.05. The fourth-order valence-electron chi connectivity index (χ4n) is 3.14. The average Bonchev–Trinajstić information content (AvgIpc) is 2.84.